The largest absolute Gasteiger partial charge is 0.317 e. The third-order valence-electron chi connectivity index (χ3n) is 4.88. The summed E-state index contributed by atoms with van der Waals surface area (Å²) in [4.78, 5) is 0. The molecular weight excluding hydrogens is 260 g/mol. The molecule has 0 radical (unpaired) electrons. The van der Waals surface area contributed by atoms with E-state index in [1.54, 1.807) is 4.31 Å². The molecule has 1 aliphatic carbocycles. The third kappa shape index (κ3) is 4.17. The molecule has 0 aromatic heterocycles. The van der Waals surface area contributed by atoms with Gasteiger partial charge < -0.3 is 5.32 Å². The minimum Gasteiger partial charge on any atom is -0.317 e. The van der Waals surface area contributed by atoms with Gasteiger partial charge in [-0.1, -0.05) is 12.8 Å². The van der Waals surface area contributed by atoms with Crippen molar-refractivity contribution in [3.05, 3.63) is 0 Å². The van der Waals surface area contributed by atoms with Crippen LogP contribution in [0, 0.1) is 11.8 Å². The third-order valence-corrected chi connectivity index (χ3v) is 6.15. The molecule has 1 aliphatic heterocycles. The van der Waals surface area contributed by atoms with Crippen LogP contribution in [0.5, 0.6) is 0 Å². The fourth-order valence-corrected chi connectivity index (χ4v) is 4.73. The summed E-state index contributed by atoms with van der Waals surface area (Å²) in [6, 6.07) is 0.576. The van der Waals surface area contributed by atoms with Crippen molar-refractivity contribution in [2.75, 3.05) is 26.4 Å². The van der Waals surface area contributed by atoms with Crippen molar-refractivity contribution in [1.82, 2.24) is 9.62 Å². The highest BCUT2D eigenvalue weighted by Crippen LogP contribution is 2.32. The van der Waals surface area contributed by atoms with E-state index in [0.717, 1.165) is 25.3 Å². The van der Waals surface area contributed by atoms with Crippen molar-refractivity contribution in [1.29, 1.82) is 0 Å². The predicted octanol–water partition coefficient (Wildman–Crippen LogP) is 1.83. The molecule has 0 bridgehead atoms. The van der Waals surface area contributed by atoms with Crippen molar-refractivity contribution >= 4 is 10.0 Å². The average Bonchev–Trinajstić information content (AvgIpc) is 2.89. The highest BCUT2D eigenvalue weighted by molar-refractivity contribution is 7.88. The van der Waals surface area contributed by atoms with Gasteiger partial charge in [-0.05, 0) is 51.0 Å². The minimum atomic E-state index is -3.01. The quantitative estimate of drug-likeness (QED) is 0.839. The van der Waals surface area contributed by atoms with Crippen molar-refractivity contribution in [3.63, 3.8) is 0 Å². The lowest BCUT2D eigenvalue weighted by atomic mass is 9.86. The molecule has 2 unspecified atom stereocenters. The zero-order valence-electron chi connectivity index (χ0n) is 12.3. The number of hydrogen-bond acceptors (Lipinski definition) is 3. The van der Waals surface area contributed by atoms with Gasteiger partial charge in [0.05, 0.1) is 6.26 Å². The van der Waals surface area contributed by atoms with E-state index in [4.69, 9.17) is 0 Å². The molecule has 2 aliphatic rings. The molecule has 2 fully saturated rings. The molecule has 1 heterocycles. The fourth-order valence-electron chi connectivity index (χ4n) is 3.79. The molecule has 0 spiro atoms. The standard InChI is InChI=1S/C14H28N2O2S/c1-15-14(13-7-3-4-8-13)10-12-6-5-9-16(11-12)19(2,17)18/h12-15H,3-11H2,1-2H3. The van der Waals surface area contributed by atoms with Crippen LogP contribution in [0.2, 0.25) is 0 Å². The number of piperidine rings is 1. The SMILES string of the molecule is CNC(CC1CCCN(S(C)(=O)=O)C1)C1CCCC1. The molecular formula is C14H28N2O2S. The number of rotatable bonds is 5. The van der Waals surface area contributed by atoms with Crippen LogP contribution < -0.4 is 5.32 Å². The van der Waals surface area contributed by atoms with Crippen LogP contribution in [-0.4, -0.2) is 45.2 Å². The first-order chi connectivity index (χ1) is 9.00. The van der Waals surface area contributed by atoms with Crippen LogP contribution in [0.1, 0.15) is 44.9 Å². The maximum atomic E-state index is 11.7. The molecule has 2 atom stereocenters. The Labute approximate surface area is 118 Å². The second-order valence-corrected chi connectivity index (χ2v) is 8.29. The van der Waals surface area contributed by atoms with Gasteiger partial charge in [-0.3, -0.25) is 0 Å². The lowest BCUT2D eigenvalue weighted by Gasteiger charge is -2.34. The van der Waals surface area contributed by atoms with E-state index in [9.17, 15) is 8.42 Å². The van der Waals surface area contributed by atoms with E-state index in [1.807, 2.05) is 0 Å². The summed E-state index contributed by atoms with van der Waals surface area (Å²) >= 11 is 0. The fraction of sp³-hybridized carbons (Fsp3) is 1.00. The van der Waals surface area contributed by atoms with Crippen molar-refractivity contribution in [3.8, 4) is 0 Å². The first-order valence-corrected chi connectivity index (χ1v) is 9.48. The van der Waals surface area contributed by atoms with Crippen LogP contribution >= 0.6 is 0 Å². The van der Waals surface area contributed by atoms with Gasteiger partial charge in [0.1, 0.15) is 0 Å². The molecule has 0 aromatic rings. The summed E-state index contributed by atoms with van der Waals surface area (Å²) in [6.07, 6.45) is 10.1. The van der Waals surface area contributed by atoms with E-state index >= 15 is 0 Å². The highest BCUT2D eigenvalue weighted by Gasteiger charge is 2.30. The van der Waals surface area contributed by atoms with Crippen LogP contribution in [0.15, 0.2) is 0 Å². The normalized spacial score (nSPS) is 28.6. The Hall–Kier alpha value is -0.130. The Bertz CT molecular complexity index is 377. The average molecular weight is 288 g/mol. The van der Waals surface area contributed by atoms with Crippen LogP contribution in [0.4, 0.5) is 0 Å². The van der Waals surface area contributed by atoms with Crippen LogP contribution in [0.25, 0.3) is 0 Å². The second kappa shape index (κ2) is 6.55. The van der Waals surface area contributed by atoms with E-state index in [-0.39, 0.29) is 0 Å². The van der Waals surface area contributed by atoms with Gasteiger partial charge in [-0.15, -0.1) is 0 Å². The lowest BCUT2D eigenvalue weighted by Crippen LogP contribution is -2.42. The summed E-state index contributed by atoms with van der Waals surface area (Å²) in [6.45, 7) is 1.44. The van der Waals surface area contributed by atoms with E-state index in [0.29, 0.717) is 18.5 Å². The summed E-state index contributed by atoms with van der Waals surface area (Å²) in [5.74, 6) is 1.33. The predicted molar refractivity (Wildman–Crippen MR) is 78.6 cm³/mol. The molecule has 1 N–H and O–H groups in total. The Morgan fingerprint density at radius 1 is 1.21 bits per heavy atom. The van der Waals surface area contributed by atoms with Gasteiger partial charge in [0.15, 0.2) is 0 Å². The van der Waals surface area contributed by atoms with Gasteiger partial charge in [0.2, 0.25) is 10.0 Å². The van der Waals surface area contributed by atoms with Crippen molar-refractivity contribution < 1.29 is 8.42 Å². The van der Waals surface area contributed by atoms with Gasteiger partial charge >= 0.3 is 0 Å². The number of hydrogen-bond donors (Lipinski definition) is 1. The van der Waals surface area contributed by atoms with Gasteiger partial charge in [-0.2, -0.15) is 0 Å². The Morgan fingerprint density at radius 2 is 1.89 bits per heavy atom. The van der Waals surface area contributed by atoms with E-state index < -0.39 is 10.0 Å². The summed E-state index contributed by atoms with van der Waals surface area (Å²) in [5, 5.41) is 3.48. The summed E-state index contributed by atoms with van der Waals surface area (Å²) < 4.78 is 25.0. The topological polar surface area (TPSA) is 49.4 Å². The Kier molecular flexibility index (Phi) is 5.26. The highest BCUT2D eigenvalue weighted by atomic mass is 32.2. The molecule has 1 saturated heterocycles. The molecule has 5 heteroatoms. The van der Waals surface area contributed by atoms with Gasteiger partial charge in [-0.25, -0.2) is 12.7 Å². The van der Waals surface area contributed by atoms with Crippen molar-refractivity contribution in [2.45, 2.75) is 51.0 Å². The zero-order valence-corrected chi connectivity index (χ0v) is 13.1. The minimum absolute atomic E-state index is 0.529. The summed E-state index contributed by atoms with van der Waals surface area (Å²) in [7, 11) is -0.952. The second-order valence-electron chi connectivity index (χ2n) is 6.30. The molecule has 0 amide bonds. The van der Waals surface area contributed by atoms with Gasteiger partial charge in [0, 0.05) is 19.1 Å². The van der Waals surface area contributed by atoms with Crippen LogP contribution in [-0.2, 0) is 10.0 Å². The number of nitrogens with one attached hydrogen (secondary N) is 1. The molecule has 112 valence electrons. The number of nitrogens with zero attached hydrogens (tertiary/aromatic N) is 1. The number of sulfonamides is 1. The van der Waals surface area contributed by atoms with E-state index in [2.05, 4.69) is 12.4 Å². The molecule has 1 saturated carbocycles. The van der Waals surface area contributed by atoms with Crippen molar-refractivity contribution in [2.24, 2.45) is 11.8 Å². The molecule has 0 aromatic carbocycles. The zero-order chi connectivity index (χ0) is 13.9. The summed E-state index contributed by atoms with van der Waals surface area (Å²) in [5.41, 5.74) is 0. The molecule has 4 nitrogen and oxygen atoms in total. The maximum Gasteiger partial charge on any atom is 0.211 e. The monoisotopic (exact) mass is 288 g/mol. The van der Waals surface area contributed by atoms with Crippen LogP contribution in [0.3, 0.4) is 0 Å². The van der Waals surface area contributed by atoms with E-state index in [1.165, 1.54) is 38.4 Å². The first kappa shape index (κ1) is 15.3. The first-order valence-electron chi connectivity index (χ1n) is 7.63. The maximum absolute atomic E-state index is 11.7. The Balaban J connectivity index is 1.90. The smallest absolute Gasteiger partial charge is 0.211 e. The van der Waals surface area contributed by atoms with Gasteiger partial charge in [0.25, 0.3) is 0 Å². The lowest BCUT2D eigenvalue weighted by molar-refractivity contribution is 0.218. The Morgan fingerprint density at radius 3 is 2.47 bits per heavy atom. The molecule has 2 rings (SSSR count). The molecule has 19 heavy (non-hydrogen) atoms.